The van der Waals surface area contributed by atoms with E-state index in [4.69, 9.17) is 5.73 Å². The minimum atomic E-state index is -1.26. The van der Waals surface area contributed by atoms with E-state index in [1.54, 1.807) is 0 Å². The van der Waals surface area contributed by atoms with Crippen LogP contribution >= 0.6 is 12.6 Å². The van der Waals surface area contributed by atoms with Crippen molar-refractivity contribution in [3.8, 4) is 0 Å². The Morgan fingerprint density at radius 2 is 1.33 bits per heavy atom. The van der Waals surface area contributed by atoms with E-state index >= 15 is 0 Å². The molecule has 0 aliphatic carbocycles. The molecule has 39 heavy (non-hydrogen) atoms. The number of carbonyl (C=O) groups excluding carboxylic acids is 3. The van der Waals surface area contributed by atoms with Gasteiger partial charge in [0.15, 0.2) is 0 Å². The van der Waals surface area contributed by atoms with Crippen LogP contribution in [0.4, 0.5) is 0 Å². The first-order valence-electron chi connectivity index (χ1n) is 12.3. The van der Waals surface area contributed by atoms with E-state index in [9.17, 15) is 24.3 Å². The van der Waals surface area contributed by atoms with Crippen molar-refractivity contribution >= 4 is 36.3 Å². The quantitative estimate of drug-likeness (QED) is 0.140. The smallest absolute Gasteiger partial charge is 0.326 e. The van der Waals surface area contributed by atoms with Gasteiger partial charge in [-0.1, -0.05) is 60.7 Å². The summed E-state index contributed by atoms with van der Waals surface area (Å²) in [6.45, 7) is 0. The molecule has 0 saturated carbocycles. The molecule has 4 atom stereocenters. The van der Waals surface area contributed by atoms with Gasteiger partial charge in [0, 0.05) is 30.5 Å². The van der Waals surface area contributed by atoms with Gasteiger partial charge in [0.2, 0.25) is 17.7 Å². The Labute approximate surface area is 231 Å². The van der Waals surface area contributed by atoms with Gasteiger partial charge in [-0.25, -0.2) is 9.78 Å². The van der Waals surface area contributed by atoms with E-state index < -0.39 is 47.9 Å². The van der Waals surface area contributed by atoms with Gasteiger partial charge in [0.25, 0.3) is 0 Å². The molecule has 12 heteroatoms. The molecule has 3 aromatic rings. The number of hydrogen-bond acceptors (Lipinski definition) is 7. The lowest BCUT2D eigenvalue weighted by molar-refractivity contribution is -0.142. The largest absolute Gasteiger partial charge is 0.480 e. The number of thiol groups is 1. The Bertz CT molecular complexity index is 1230. The highest BCUT2D eigenvalue weighted by Gasteiger charge is 2.30. The maximum absolute atomic E-state index is 13.3. The van der Waals surface area contributed by atoms with Crippen LogP contribution in [0.2, 0.25) is 0 Å². The lowest BCUT2D eigenvalue weighted by Gasteiger charge is -2.24. The predicted molar refractivity (Wildman–Crippen MR) is 148 cm³/mol. The second kappa shape index (κ2) is 14.7. The summed E-state index contributed by atoms with van der Waals surface area (Å²) in [6, 6.07) is 14.0. The molecule has 206 valence electrons. The highest BCUT2D eigenvalue weighted by Crippen LogP contribution is 2.07. The first-order valence-corrected chi connectivity index (χ1v) is 13.0. The number of aromatic amines is 1. The van der Waals surface area contributed by atoms with Crippen LogP contribution in [0.5, 0.6) is 0 Å². The average molecular weight is 553 g/mol. The lowest BCUT2D eigenvalue weighted by Crippen LogP contribution is -2.58. The summed E-state index contributed by atoms with van der Waals surface area (Å²) in [5, 5.41) is 17.3. The van der Waals surface area contributed by atoms with Crippen LogP contribution in [-0.2, 0) is 38.4 Å². The first kappa shape index (κ1) is 29.4. The van der Waals surface area contributed by atoms with Crippen molar-refractivity contribution in [2.45, 2.75) is 43.4 Å². The van der Waals surface area contributed by atoms with E-state index in [0.717, 1.165) is 11.1 Å². The number of amides is 3. The molecule has 3 rings (SSSR count). The number of H-pyrrole nitrogens is 1. The zero-order valence-corrected chi connectivity index (χ0v) is 22.0. The normalized spacial score (nSPS) is 13.9. The second-order valence-electron chi connectivity index (χ2n) is 8.97. The number of aliphatic carboxylic acids is 1. The van der Waals surface area contributed by atoms with Crippen molar-refractivity contribution in [3.05, 3.63) is 90.0 Å². The molecule has 1 heterocycles. The zero-order valence-electron chi connectivity index (χ0n) is 21.1. The molecule has 0 aliphatic rings. The summed E-state index contributed by atoms with van der Waals surface area (Å²) in [4.78, 5) is 57.5. The summed E-state index contributed by atoms with van der Waals surface area (Å²) in [5.41, 5.74) is 8.30. The first-order chi connectivity index (χ1) is 18.8. The zero-order chi connectivity index (χ0) is 28.2. The third-order valence-corrected chi connectivity index (χ3v) is 6.33. The number of rotatable bonds is 14. The number of carboxylic acids is 1. The van der Waals surface area contributed by atoms with E-state index in [2.05, 4.69) is 38.5 Å². The van der Waals surface area contributed by atoms with E-state index in [1.807, 2.05) is 60.7 Å². The molecule has 2 aromatic carbocycles. The third kappa shape index (κ3) is 9.27. The molecule has 0 bridgehead atoms. The molecule has 11 nitrogen and oxygen atoms in total. The number of nitrogens with one attached hydrogen (secondary N) is 4. The third-order valence-electron chi connectivity index (χ3n) is 5.96. The van der Waals surface area contributed by atoms with E-state index in [0.29, 0.717) is 5.69 Å². The van der Waals surface area contributed by atoms with Gasteiger partial charge in [-0.05, 0) is 17.5 Å². The Kier molecular flexibility index (Phi) is 11.1. The molecule has 1 aromatic heterocycles. The topological polar surface area (TPSA) is 179 Å². The number of aromatic nitrogens is 2. The van der Waals surface area contributed by atoms with E-state index in [1.165, 1.54) is 12.5 Å². The molecular weight excluding hydrogens is 520 g/mol. The van der Waals surface area contributed by atoms with Crippen molar-refractivity contribution in [2.75, 3.05) is 5.75 Å². The van der Waals surface area contributed by atoms with Gasteiger partial charge in [0.1, 0.15) is 18.1 Å². The lowest BCUT2D eigenvalue weighted by atomic mass is 10.0. The van der Waals surface area contributed by atoms with E-state index in [-0.39, 0.29) is 25.0 Å². The highest BCUT2D eigenvalue weighted by molar-refractivity contribution is 7.80. The number of benzene rings is 2. The Balaban J connectivity index is 1.69. The summed E-state index contributed by atoms with van der Waals surface area (Å²) < 4.78 is 0. The van der Waals surface area contributed by atoms with Crippen LogP contribution < -0.4 is 21.7 Å². The van der Waals surface area contributed by atoms with Gasteiger partial charge in [-0.2, -0.15) is 12.6 Å². The fourth-order valence-corrected chi connectivity index (χ4v) is 4.11. The minimum absolute atomic E-state index is 0.0275. The molecule has 0 radical (unpaired) electrons. The SMILES string of the molecule is NC(Cc1ccccc1)C(=O)NC(Cc1ccccc1)C(=O)NC(CS)C(=O)NC(Cc1cnc[nH]1)C(=O)O. The van der Waals surface area contributed by atoms with Gasteiger partial charge < -0.3 is 31.8 Å². The summed E-state index contributed by atoms with van der Waals surface area (Å²) in [6.07, 6.45) is 3.26. The number of hydrogen-bond donors (Lipinski definition) is 7. The fourth-order valence-electron chi connectivity index (χ4n) is 3.85. The molecule has 4 unspecified atom stereocenters. The van der Waals surface area contributed by atoms with Crippen molar-refractivity contribution in [3.63, 3.8) is 0 Å². The van der Waals surface area contributed by atoms with Crippen LogP contribution in [0, 0.1) is 0 Å². The van der Waals surface area contributed by atoms with Crippen molar-refractivity contribution in [1.29, 1.82) is 0 Å². The Hall–Kier alpha value is -4.16. The predicted octanol–water partition coefficient (Wildman–Crippen LogP) is 0.234. The fraction of sp³-hybridized carbons (Fsp3) is 0.296. The highest BCUT2D eigenvalue weighted by atomic mass is 32.1. The summed E-state index contributed by atoms with van der Waals surface area (Å²) in [5.74, 6) is -3.23. The standard InChI is InChI=1S/C27H32N6O5S/c28-20(11-17-7-3-1-4-8-17)24(34)31-21(12-18-9-5-2-6-10-18)25(35)33-23(15-39)26(36)32-22(27(37)38)13-19-14-29-16-30-19/h1-10,14,16,20-23,39H,11-13,15,28H2,(H,29,30)(H,31,34)(H,32,36)(H,33,35)(H,37,38). The van der Waals surface area contributed by atoms with Gasteiger partial charge in [-0.15, -0.1) is 0 Å². The number of carbonyl (C=O) groups is 4. The van der Waals surface area contributed by atoms with Crippen LogP contribution in [0.25, 0.3) is 0 Å². The summed E-state index contributed by atoms with van der Waals surface area (Å²) >= 11 is 4.17. The molecule has 0 fully saturated rings. The van der Waals surface area contributed by atoms with Gasteiger partial charge in [0.05, 0.1) is 12.4 Å². The molecular formula is C27H32N6O5S. The molecule has 3 amide bonds. The maximum Gasteiger partial charge on any atom is 0.326 e. The number of carboxylic acid groups (broad SMARTS) is 1. The molecule has 0 aliphatic heterocycles. The average Bonchev–Trinajstić information content (AvgIpc) is 3.45. The number of nitrogens with zero attached hydrogens (tertiary/aromatic N) is 1. The van der Waals surface area contributed by atoms with Crippen LogP contribution in [0.15, 0.2) is 73.2 Å². The second-order valence-corrected chi connectivity index (χ2v) is 9.34. The molecule has 0 spiro atoms. The number of imidazole rings is 1. The Morgan fingerprint density at radius 3 is 1.87 bits per heavy atom. The van der Waals surface area contributed by atoms with Gasteiger partial charge in [-0.3, -0.25) is 14.4 Å². The maximum atomic E-state index is 13.3. The minimum Gasteiger partial charge on any atom is -0.480 e. The summed E-state index contributed by atoms with van der Waals surface area (Å²) in [7, 11) is 0. The van der Waals surface area contributed by atoms with Crippen molar-refractivity contribution in [1.82, 2.24) is 25.9 Å². The van der Waals surface area contributed by atoms with Crippen LogP contribution in [0.3, 0.4) is 0 Å². The Morgan fingerprint density at radius 1 is 0.795 bits per heavy atom. The molecule has 0 saturated heterocycles. The number of nitrogens with two attached hydrogens (primary N) is 1. The monoisotopic (exact) mass is 552 g/mol. The van der Waals surface area contributed by atoms with Crippen molar-refractivity contribution in [2.24, 2.45) is 5.73 Å². The molecule has 7 N–H and O–H groups in total. The van der Waals surface area contributed by atoms with Crippen molar-refractivity contribution < 1.29 is 24.3 Å². The van der Waals surface area contributed by atoms with Crippen LogP contribution in [0.1, 0.15) is 16.8 Å². The van der Waals surface area contributed by atoms with Crippen LogP contribution in [-0.4, -0.2) is 68.7 Å². The van der Waals surface area contributed by atoms with Gasteiger partial charge >= 0.3 is 5.97 Å².